The number of aryl methyl sites for hydroxylation is 2. The van der Waals surface area contributed by atoms with Crippen LogP contribution in [0.1, 0.15) is 29.5 Å². The third-order valence-electron chi connectivity index (χ3n) is 3.51. The van der Waals surface area contributed by atoms with Crippen LogP contribution in [0.15, 0.2) is 47.8 Å². The fourth-order valence-electron chi connectivity index (χ4n) is 2.20. The van der Waals surface area contributed by atoms with Crippen molar-refractivity contribution in [3.63, 3.8) is 0 Å². The first-order valence-electron chi connectivity index (χ1n) is 7.54. The van der Waals surface area contributed by atoms with E-state index in [0.29, 0.717) is 6.42 Å². The van der Waals surface area contributed by atoms with E-state index in [2.05, 4.69) is 22.4 Å². The summed E-state index contributed by atoms with van der Waals surface area (Å²) in [6, 6.07) is 9.65. The average molecular weight is 311 g/mol. The van der Waals surface area contributed by atoms with Crippen LogP contribution >= 0.6 is 0 Å². The van der Waals surface area contributed by atoms with Crippen LogP contribution in [0.5, 0.6) is 5.75 Å². The van der Waals surface area contributed by atoms with Gasteiger partial charge in [0.2, 0.25) is 5.91 Å². The van der Waals surface area contributed by atoms with Crippen molar-refractivity contribution in [2.45, 2.75) is 26.2 Å². The molecule has 0 atom stereocenters. The van der Waals surface area contributed by atoms with E-state index >= 15 is 0 Å². The second-order valence-electron chi connectivity index (χ2n) is 5.22. The summed E-state index contributed by atoms with van der Waals surface area (Å²) in [5.41, 5.74) is 5.85. The highest BCUT2D eigenvalue weighted by Crippen LogP contribution is 2.18. The van der Waals surface area contributed by atoms with Crippen molar-refractivity contribution in [2.24, 2.45) is 5.10 Å². The Hall–Kier alpha value is -2.69. The maximum Gasteiger partial charge on any atom is 0.240 e. The Morgan fingerprint density at radius 3 is 2.78 bits per heavy atom. The maximum atomic E-state index is 11.8. The molecule has 0 bridgehead atoms. The number of methoxy groups -OCH3 is 1. The number of hydrazone groups is 1. The van der Waals surface area contributed by atoms with Gasteiger partial charge in [0.1, 0.15) is 5.75 Å². The van der Waals surface area contributed by atoms with Crippen molar-refractivity contribution in [3.8, 4) is 5.75 Å². The van der Waals surface area contributed by atoms with Gasteiger partial charge in [-0.1, -0.05) is 6.07 Å². The van der Waals surface area contributed by atoms with Crippen molar-refractivity contribution >= 4 is 12.1 Å². The molecule has 2 rings (SSSR count). The zero-order valence-electron chi connectivity index (χ0n) is 13.5. The molecule has 0 aliphatic heterocycles. The van der Waals surface area contributed by atoms with E-state index in [1.165, 1.54) is 11.1 Å². The molecule has 1 aromatic carbocycles. The molecular formula is C18H21N3O2. The normalized spacial score (nSPS) is 10.7. The number of hydrogen-bond donors (Lipinski definition) is 1. The van der Waals surface area contributed by atoms with Gasteiger partial charge in [-0.25, -0.2) is 5.43 Å². The SMILES string of the molecule is COc1ccc(CCCC(=O)NN=Cc2ccncc2)c(C)c1. The third-order valence-corrected chi connectivity index (χ3v) is 3.51. The number of carbonyl (C=O) groups is 1. The zero-order valence-corrected chi connectivity index (χ0v) is 13.5. The molecule has 0 saturated heterocycles. The summed E-state index contributed by atoms with van der Waals surface area (Å²) in [4.78, 5) is 15.7. The molecule has 0 unspecified atom stereocenters. The standard InChI is InChI=1S/C18H21N3O2/c1-14-12-17(23-2)7-6-16(14)4-3-5-18(22)21-20-13-15-8-10-19-11-9-15/h6-13H,3-5H2,1-2H3,(H,21,22). The number of benzene rings is 1. The Morgan fingerprint density at radius 2 is 2.09 bits per heavy atom. The molecule has 0 saturated carbocycles. The van der Waals surface area contributed by atoms with Crippen molar-refractivity contribution < 1.29 is 9.53 Å². The largest absolute Gasteiger partial charge is 0.497 e. The van der Waals surface area contributed by atoms with Gasteiger partial charge >= 0.3 is 0 Å². The molecule has 1 heterocycles. The minimum atomic E-state index is -0.0820. The number of hydrogen-bond acceptors (Lipinski definition) is 4. The summed E-state index contributed by atoms with van der Waals surface area (Å²) < 4.78 is 5.19. The van der Waals surface area contributed by atoms with Crippen LogP contribution in [0, 0.1) is 6.92 Å². The van der Waals surface area contributed by atoms with Gasteiger partial charge in [0.25, 0.3) is 0 Å². The fraction of sp³-hybridized carbons (Fsp3) is 0.278. The number of amides is 1. The molecule has 0 radical (unpaired) electrons. The molecule has 1 amide bonds. The minimum Gasteiger partial charge on any atom is -0.497 e. The maximum absolute atomic E-state index is 11.8. The van der Waals surface area contributed by atoms with Gasteiger partial charge < -0.3 is 4.74 Å². The van der Waals surface area contributed by atoms with Gasteiger partial charge in [-0.3, -0.25) is 9.78 Å². The summed E-state index contributed by atoms with van der Waals surface area (Å²) in [5.74, 6) is 0.774. The number of pyridine rings is 1. The summed E-state index contributed by atoms with van der Waals surface area (Å²) in [7, 11) is 1.66. The van der Waals surface area contributed by atoms with Crippen molar-refractivity contribution in [2.75, 3.05) is 7.11 Å². The lowest BCUT2D eigenvalue weighted by Crippen LogP contribution is -2.17. The van der Waals surface area contributed by atoms with Gasteiger partial charge in [0.15, 0.2) is 0 Å². The van der Waals surface area contributed by atoms with Crippen molar-refractivity contribution in [1.29, 1.82) is 0 Å². The Bertz CT molecular complexity index is 669. The van der Waals surface area contributed by atoms with E-state index in [0.717, 1.165) is 24.2 Å². The number of nitrogens with zero attached hydrogens (tertiary/aromatic N) is 2. The summed E-state index contributed by atoms with van der Waals surface area (Å²) in [5, 5.41) is 3.94. The molecule has 1 N–H and O–H groups in total. The van der Waals surface area contributed by atoms with Crippen LogP contribution in [0.2, 0.25) is 0 Å². The van der Waals surface area contributed by atoms with Gasteiger partial charge in [-0.15, -0.1) is 0 Å². The highest BCUT2D eigenvalue weighted by molar-refractivity contribution is 5.82. The summed E-state index contributed by atoms with van der Waals surface area (Å²) in [6.07, 6.45) is 7.05. The predicted molar refractivity (Wildman–Crippen MR) is 90.6 cm³/mol. The number of aromatic nitrogens is 1. The topological polar surface area (TPSA) is 63.6 Å². The first kappa shape index (κ1) is 16.7. The number of carbonyl (C=O) groups excluding carboxylic acids is 1. The van der Waals surface area contributed by atoms with Gasteiger partial charge in [-0.05, 0) is 60.7 Å². The van der Waals surface area contributed by atoms with Crippen LogP contribution in [-0.4, -0.2) is 24.2 Å². The fourth-order valence-corrected chi connectivity index (χ4v) is 2.20. The Morgan fingerprint density at radius 1 is 1.30 bits per heavy atom. The molecule has 0 aliphatic carbocycles. The quantitative estimate of drug-likeness (QED) is 0.631. The molecular weight excluding hydrogens is 290 g/mol. The lowest BCUT2D eigenvalue weighted by molar-refractivity contribution is -0.121. The summed E-state index contributed by atoms with van der Waals surface area (Å²) in [6.45, 7) is 2.05. The van der Waals surface area contributed by atoms with E-state index in [1.807, 2.05) is 30.3 Å². The van der Waals surface area contributed by atoms with Gasteiger partial charge in [0.05, 0.1) is 13.3 Å². The zero-order chi connectivity index (χ0) is 16.5. The van der Waals surface area contributed by atoms with Gasteiger partial charge in [0, 0.05) is 18.8 Å². The third kappa shape index (κ3) is 5.54. The molecule has 2 aromatic rings. The first-order valence-corrected chi connectivity index (χ1v) is 7.54. The molecule has 0 fully saturated rings. The molecule has 23 heavy (non-hydrogen) atoms. The average Bonchev–Trinajstić information content (AvgIpc) is 2.57. The van der Waals surface area contributed by atoms with E-state index in [1.54, 1.807) is 25.7 Å². The smallest absolute Gasteiger partial charge is 0.240 e. The first-order chi connectivity index (χ1) is 11.2. The Kier molecular flexibility index (Phi) is 6.29. The Labute approximate surface area is 136 Å². The van der Waals surface area contributed by atoms with Crippen LogP contribution in [0.3, 0.4) is 0 Å². The van der Waals surface area contributed by atoms with Crippen molar-refractivity contribution in [3.05, 3.63) is 59.4 Å². The second-order valence-corrected chi connectivity index (χ2v) is 5.22. The van der Waals surface area contributed by atoms with Crippen molar-refractivity contribution in [1.82, 2.24) is 10.4 Å². The predicted octanol–water partition coefficient (Wildman–Crippen LogP) is 2.87. The summed E-state index contributed by atoms with van der Waals surface area (Å²) >= 11 is 0. The van der Waals surface area contributed by atoms with E-state index in [9.17, 15) is 4.79 Å². The lowest BCUT2D eigenvalue weighted by atomic mass is 10.0. The molecule has 1 aromatic heterocycles. The molecule has 5 heteroatoms. The van der Waals surface area contributed by atoms with E-state index in [-0.39, 0.29) is 5.91 Å². The van der Waals surface area contributed by atoms with Crippen LogP contribution in [-0.2, 0) is 11.2 Å². The highest BCUT2D eigenvalue weighted by Gasteiger charge is 2.03. The van der Waals surface area contributed by atoms with Crippen LogP contribution in [0.25, 0.3) is 0 Å². The monoisotopic (exact) mass is 311 g/mol. The Balaban J connectivity index is 1.73. The number of rotatable bonds is 7. The molecule has 5 nitrogen and oxygen atoms in total. The minimum absolute atomic E-state index is 0.0820. The molecule has 120 valence electrons. The number of ether oxygens (including phenoxy) is 1. The van der Waals surface area contributed by atoms with Crippen LogP contribution < -0.4 is 10.2 Å². The van der Waals surface area contributed by atoms with E-state index < -0.39 is 0 Å². The second kappa shape index (κ2) is 8.68. The van der Waals surface area contributed by atoms with Gasteiger partial charge in [-0.2, -0.15) is 5.10 Å². The highest BCUT2D eigenvalue weighted by atomic mass is 16.5. The molecule has 0 spiro atoms. The number of nitrogens with one attached hydrogen (secondary N) is 1. The lowest BCUT2D eigenvalue weighted by Gasteiger charge is -2.07. The van der Waals surface area contributed by atoms with Crippen LogP contribution in [0.4, 0.5) is 0 Å². The molecule has 0 aliphatic rings. The van der Waals surface area contributed by atoms with E-state index in [4.69, 9.17) is 4.74 Å².